The Morgan fingerprint density at radius 2 is 1.50 bits per heavy atom. The molecule has 0 aliphatic heterocycles. The molecule has 0 fully saturated rings. The Hall–Kier alpha value is 0.0900. The highest BCUT2D eigenvalue weighted by atomic mass is 35.5. The fourth-order valence-electron chi connectivity index (χ4n) is 0.576. The number of rotatable bonds is 1. The second kappa shape index (κ2) is 3.47. The van der Waals surface area contributed by atoms with Gasteiger partial charge >= 0.3 is 0 Å². The number of benzene rings is 1. The van der Waals surface area contributed by atoms with Gasteiger partial charge in [-0.3, -0.25) is 0 Å². The average molecular weight is 194 g/mol. The van der Waals surface area contributed by atoms with Gasteiger partial charge in [-0.2, -0.15) is 0 Å². The van der Waals surface area contributed by atoms with Crippen LogP contribution in [0.4, 0.5) is 0 Å². The molecule has 1 aromatic rings. The van der Waals surface area contributed by atoms with Crippen LogP contribution in [-0.4, -0.2) is 0 Å². The molecule has 1 rings (SSSR count). The first-order valence-corrected chi connectivity index (χ1v) is 3.77. The van der Waals surface area contributed by atoms with Crippen molar-refractivity contribution in [1.29, 1.82) is 0 Å². The summed E-state index contributed by atoms with van der Waals surface area (Å²) in [7, 11) is 0. The lowest BCUT2D eigenvalue weighted by atomic mass is 10.2. The molecule has 0 nitrogen and oxygen atoms in total. The minimum Gasteiger partial charge on any atom is -0.0925 e. The predicted molar refractivity (Wildman–Crippen MR) is 45.5 cm³/mol. The lowest BCUT2D eigenvalue weighted by molar-refractivity contribution is 1.55. The summed E-state index contributed by atoms with van der Waals surface area (Å²) in [5.74, 6) is 0. The minimum atomic E-state index is 0.261. The first kappa shape index (κ1) is 8.19. The van der Waals surface area contributed by atoms with E-state index in [0.29, 0.717) is 5.02 Å². The molecule has 53 valence electrons. The van der Waals surface area contributed by atoms with E-state index in [2.05, 4.69) is 0 Å². The van der Waals surface area contributed by atoms with Crippen LogP contribution in [0.15, 0.2) is 24.3 Å². The molecule has 0 N–H and O–H groups in total. The van der Waals surface area contributed by atoms with Gasteiger partial charge in [-0.1, -0.05) is 46.9 Å². The molecule has 0 bridgehead atoms. The van der Waals surface area contributed by atoms with Crippen molar-refractivity contribution >= 4 is 34.8 Å². The van der Waals surface area contributed by atoms with Gasteiger partial charge in [0.05, 0.1) is 0 Å². The van der Waals surface area contributed by atoms with Gasteiger partial charge in [0.2, 0.25) is 0 Å². The quantitative estimate of drug-likeness (QED) is 0.640. The second-order valence-corrected chi connectivity index (χ2v) is 3.15. The van der Waals surface area contributed by atoms with Gasteiger partial charge in [-0.15, -0.1) is 0 Å². The third-order valence-corrected chi connectivity index (χ3v) is 1.75. The topological polar surface area (TPSA) is 0 Å². The Kier molecular flexibility index (Phi) is 2.84. The standard InChI is InChI=1S/C7H4Cl3/c8-6-3-1-5(2-4-6)7(9)10/h1-4H. The van der Waals surface area contributed by atoms with Crippen LogP contribution in [0.5, 0.6) is 0 Å². The summed E-state index contributed by atoms with van der Waals surface area (Å²) in [6.07, 6.45) is 0. The van der Waals surface area contributed by atoms with E-state index in [0.717, 1.165) is 5.56 Å². The van der Waals surface area contributed by atoms with Crippen molar-refractivity contribution in [2.24, 2.45) is 0 Å². The lowest BCUT2D eigenvalue weighted by Crippen LogP contribution is -1.79. The smallest absolute Gasteiger partial charge is 0.0925 e. The van der Waals surface area contributed by atoms with Crippen molar-refractivity contribution in [1.82, 2.24) is 0 Å². The normalized spacial score (nSPS) is 10.4. The summed E-state index contributed by atoms with van der Waals surface area (Å²) in [4.78, 5) is 0.261. The van der Waals surface area contributed by atoms with Gasteiger partial charge < -0.3 is 0 Å². The number of hydrogen-bond donors (Lipinski definition) is 0. The first-order valence-electron chi connectivity index (χ1n) is 2.64. The summed E-state index contributed by atoms with van der Waals surface area (Å²) >= 11 is 16.6. The molecular weight excluding hydrogens is 190 g/mol. The maximum absolute atomic E-state index is 5.62. The highest BCUT2D eigenvalue weighted by molar-refractivity contribution is 6.54. The van der Waals surface area contributed by atoms with Gasteiger partial charge in [-0.25, -0.2) is 0 Å². The largest absolute Gasteiger partial charge is 0.180 e. The lowest BCUT2D eigenvalue weighted by Gasteiger charge is -1.97. The molecule has 0 aliphatic rings. The van der Waals surface area contributed by atoms with Crippen molar-refractivity contribution in [3.8, 4) is 0 Å². The van der Waals surface area contributed by atoms with Gasteiger partial charge in [0, 0.05) is 5.02 Å². The molecule has 0 spiro atoms. The molecule has 0 aliphatic carbocycles. The summed E-state index contributed by atoms with van der Waals surface area (Å²) < 4.78 is 0. The van der Waals surface area contributed by atoms with E-state index >= 15 is 0 Å². The van der Waals surface area contributed by atoms with Gasteiger partial charge in [0.1, 0.15) is 0 Å². The third kappa shape index (κ3) is 2.05. The molecule has 0 aromatic heterocycles. The van der Waals surface area contributed by atoms with Crippen molar-refractivity contribution in [2.45, 2.75) is 0 Å². The zero-order chi connectivity index (χ0) is 7.56. The maximum atomic E-state index is 5.62. The Morgan fingerprint density at radius 1 is 1.00 bits per heavy atom. The first-order chi connectivity index (χ1) is 4.70. The van der Waals surface area contributed by atoms with Crippen LogP contribution in [0.2, 0.25) is 5.02 Å². The Morgan fingerprint density at radius 3 is 1.90 bits per heavy atom. The SMILES string of the molecule is Cl[C](Cl)c1ccc(Cl)cc1. The van der Waals surface area contributed by atoms with Crippen LogP contribution in [0.25, 0.3) is 0 Å². The molecule has 1 aromatic carbocycles. The van der Waals surface area contributed by atoms with Crippen molar-refractivity contribution in [3.05, 3.63) is 39.7 Å². The van der Waals surface area contributed by atoms with E-state index in [4.69, 9.17) is 34.8 Å². The molecule has 0 saturated heterocycles. The van der Waals surface area contributed by atoms with Crippen LogP contribution < -0.4 is 0 Å². The monoisotopic (exact) mass is 193 g/mol. The predicted octanol–water partition coefficient (Wildman–Crippen LogP) is 3.66. The minimum absolute atomic E-state index is 0.261. The highest BCUT2D eigenvalue weighted by Gasteiger charge is 2.02. The molecule has 3 heteroatoms. The fourth-order valence-corrected chi connectivity index (χ4v) is 0.954. The van der Waals surface area contributed by atoms with Gasteiger partial charge in [0.15, 0.2) is 4.84 Å². The molecule has 10 heavy (non-hydrogen) atoms. The maximum Gasteiger partial charge on any atom is 0.180 e. The summed E-state index contributed by atoms with van der Waals surface area (Å²) in [5.41, 5.74) is 0.785. The summed E-state index contributed by atoms with van der Waals surface area (Å²) in [6, 6.07) is 7.00. The molecule has 0 amide bonds. The van der Waals surface area contributed by atoms with Crippen LogP contribution in [0.3, 0.4) is 0 Å². The Balaban J connectivity index is 2.89. The molecule has 0 heterocycles. The van der Waals surface area contributed by atoms with Crippen LogP contribution in [0.1, 0.15) is 5.56 Å². The van der Waals surface area contributed by atoms with E-state index in [1.165, 1.54) is 0 Å². The van der Waals surface area contributed by atoms with Gasteiger partial charge in [0.25, 0.3) is 0 Å². The third-order valence-electron chi connectivity index (χ3n) is 1.06. The molecule has 1 radical (unpaired) electrons. The number of halogens is 3. The molecule has 0 atom stereocenters. The van der Waals surface area contributed by atoms with Gasteiger partial charge in [-0.05, 0) is 17.7 Å². The second-order valence-electron chi connectivity index (χ2n) is 1.77. The Labute approximate surface area is 74.7 Å². The van der Waals surface area contributed by atoms with Crippen LogP contribution in [-0.2, 0) is 0 Å². The zero-order valence-corrected chi connectivity index (χ0v) is 7.21. The highest BCUT2D eigenvalue weighted by Crippen LogP contribution is 2.24. The van der Waals surface area contributed by atoms with Crippen molar-refractivity contribution in [3.63, 3.8) is 0 Å². The van der Waals surface area contributed by atoms with Crippen molar-refractivity contribution < 1.29 is 0 Å². The van der Waals surface area contributed by atoms with E-state index in [-0.39, 0.29) is 4.84 Å². The fraction of sp³-hybridized carbons (Fsp3) is 0. The van der Waals surface area contributed by atoms with E-state index in [1.54, 1.807) is 24.3 Å². The zero-order valence-electron chi connectivity index (χ0n) is 4.94. The van der Waals surface area contributed by atoms with Crippen LogP contribution >= 0.6 is 34.8 Å². The molecular formula is C7H4Cl3. The molecule has 0 saturated carbocycles. The van der Waals surface area contributed by atoms with Crippen molar-refractivity contribution in [2.75, 3.05) is 0 Å². The Bertz CT molecular complexity index is 203. The molecule has 0 unspecified atom stereocenters. The number of hydrogen-bond acceptors (Lipinski definition) is 0. The summed E-state index contributed by atoms with van der Waals surface area (Å²) in [6.45, 7) is 0. The average Bonchev–Trinajstić information content (AvgIpc) is 1.88. The van der Waals surface area contributed by atoms with E-state index < -0.39 is 0 Å². The van der Waals surface area contributed by atoms with Crippen LogP contribution in [0, 0.1) is 4.84 Å². The summed E-state index contributed by atoms with van der Waals surface area (Å²) in [5, 5.41) is 0.679. The van der Waals surface area contributed by atoms with E-state index in [9.17, 15) is 0 Å². The van der Waals surface area contributed by atoms with E-state index in [1.807, 2.05) is 0 Å².